The lowest BCUT2D eigenvalue weighted by molar-refractivity contribution is -0.389. The lowest BCUT2D eigenvalue weighted by Gasteiger charge is -2.08. The minimum atomic E-state index is -4.45. The number of aromatic nitrogens is 4. The van der Waals surface area contributed by atoms with Crippen molar-refractivity contribution in [3.63, 3.8) is 0 Å². The van der Waals surface area contributed by atoms with E-state index in [1.54, 1.807) is 0 Å². The molecule has 3 rings (SSSR count). The first-order valence-corrected chi connectivity index (χ1v) is 7.91. The van der Waals surface area contributed by atoms with Crippen LogP contribution in [0.25, 0.3) is 0 Å². The van der Waals surface area contributed by atoms with Crippen molar-refractivity contribution in [3.05, 3.63) is 68.6 Å². The molecule has 1 aromatic carbocycles. The summed E-state index contributed by atoms with van der Waals surface area (Å²) in [6, 6.07) is 4.77. The molecule has 2 heterocycles. The molecule has 0 fully saturated rings. The molecule has 0 aliphatic rings. The molecule has 0 bridgehead atoms. The summed E-state index contributed by atoms with van der Waals surface area (Å²) in [5.41, 5.74) is -0.583. The first-order chi connectivity index (χ1) is 13.1. The molecule has 0 unspecified atom stereocenters. The van der Waals surface area contributed by atoms with Crippen molar-refractivity contribution in [3.8, 4) is 0 Å². The standard InChI is InChI=1S/C15H10ClF3N6O3/c16-11-12(22-23-13(11)25(27)28)14(26)21-10-5-20-24(7-10)6-8-2-1-3-9(4-8)15(17,18)19/h1-5,7H,6H2,(H,21,26)(H,22,23). The Morgan fingerprint density at radius 2 is 2.14 bits per heavy atom. The zero-order valence-electron chi connectivity index (χ0n) is 13.7. The zero-order valence-corrected chi connectivity index (χ0v) is 14.5. The van der Waals surface area contributed by atoms with Crippen LogP contribution in [0, 0.1) is 10.1 Å². The second-order valence-electron chi connectivity index (χ2n) is 5.57. The third-order valence-corrected chi connectivity index (χ3v) is 3.94. The molecule has 0 aliphatic heterocycles. The number of aromatic amines is 1. The smallest absolute Gasteiger partial charge is 0.358 e. The van der Waals surface area contributed by atoms with E-state index < -0.39 is 33.4 Å². The van der Waals surface area contributed by atoms with E-state index in [4.69, 9.17) is 11.6 Å². The van der Waals surface area contributed by atoms with Gasteiger partial charge in [0.05, 0.1) is 24.0 Å². The number of H-pyrrole nitrogens is 1. The number of anilines is 1. The number of rotatable bonds is 5. The van der Waals surface area contributed by atoms with Crippen LogP contribution in [0.4, 0.5) is 24.7 Å². The quantitative estimate of drug-likeness (QED) is 0.489. The van der Waals surface area contributed by atoms with Crippen LogP contribution in [0.15, 0.2) is 36.7 Å². The van der Waals surface area contributed by atoms with Crippen molar-refractivity contribution in [2.24, 2.45) is 0 Å². The molecule has 1 amide bonds. The highest BCUT2D eigenvalue weighted by Crippen LogP contribution is 2.30. The van der Waals surface area contributed by atoms with Gasteiger partial charge in [0, 0.05) is 6.20 Å². The van der Waals surface area contributed by atoms with Crippen LogP contribution < -0.4 is 5.32 Å². The van der Waals surface area contributed by atoms with Crippen LogP contribution in [0.1, 0.15) is 21.6 Å². The highest BCUT2D eigenvalue weighted by molar-refractivity contribution is 6.35. The second-order valence-corrected chi connectivity index (χ2v) is 5.95. The molecule has 2 N–H and O–H groups in total. The number of nitrogens with one attached hydrogen (secondary N) is 2. The number of amides is 1. The van der Waals surface area contributed by atoms with Crippen molar-refractivity contribution in [1.29, 1.82) is 0 Å². The molecule has 0 aliphatic carbocycles. The number of hydrogen-bond donors (Lipinski definition) is 2. The van der Waals surface area contributed by atoms with Gasteiger partial charge in [-0.15, -0.1) is 5.10 Å². The van der Waals surface area contributed by atoms with Gasteiger partial charge in [0.25, 0.3) is 5.91 Å². The highest BCUT2D eigenvalue weighted by Gasteiger charge is 2.30. The van der Waals surface area contributed by atoms with Crippen molar-refractivity contribution in [2.45, 2.75) is 12.7 Å². The van der Waals surface area contributed by atoms with E-state index in [-0.39, 0.29) is 17.9 Å². The number of carbonyl (C=O) groups excluding carboxylic acids is 1. The number of nitro groups is 1. The predicted molar refractivity (Wildman–Crippen MR) is 91.0 cm³/mol. The topological polar surface area (TPSA) is 119 Å². The van der Waals surface area contributed by atoms with E-state index in [9.17, 15) is 28.1 Å². The molecular formula is C15H10ClF3N6O3. The summed E-state index contributed by atoms with van der Waals surface area (Å²) >= 11 is 5.74. The third-order valence-electron chi connectivity index (χ3n) is 3.58. The molecule has 28 heavy (non-hydrogen) atoms. The van der Waals surface area contributed by atoms with Crippen LogP contribution in [0.5, 0.6) is 0 Å². The lowest BCUT2D eigenvalue weighted by Crippen LogP contribution is -2.12. The van der Waals surface area contributed by atoms with E-state index >= 15 is 0 Å². The third kappa shape index (κ3) is 4.11. The Morgan fingerprint density at radius 1 is 1.39 bits per heavy atom. The minimum Gasteiger partial charge on any atom is -0.358 e. The molecule has 9 nitrogen and oxygen atoms in total. The summed E-state index contributed by atoms with van der Waals surface area (Å²) in [6.45, 7) is 0.0361. The van der Waals surface area contributed by atoms with Gasteiger partial charge in [-0.05, 0) is 22.6 Å². The van der Waals surface area contributed by atoms with Gasteiger partial charge in [0.15, 0.2) is 10.7 Å². The predicted octanol–water partition coefficient (Wildman–Crippen LogP) is 3.49. The number of carbonyl (C=O) groups is 1. The number of halogens is 4. The Balaban J connectivity index is 1.71. The maximum Gasteiger partial charge on any atom is 0.416 e. The number of nitrogens with zero attached hydrogens (tertiary/aromatic N) is 4. The molecule has 2 aromatic heterocycles. The van der Waals surface area contributed by atoms with Gasteiger partial charge in [-0.1, -0.05) is 28.8 Å². The average molecular weight is 415 g/mol. The normalized spacial score (nSPS) is 11.4. The van der Waals surface area contributed by atoms with Gasteiger partial charge in [0.1, 0.15) is 0 Å². The van der Waals surface area contributed by atoms with Crippen LogP contribution in [0.3, 0.4) is 0 Å². The highest BCUT2D eigenvalue weighted by atomic mass is 35.5. The fourth-order valence-electron chi connectivity index (χ4n) is 2.33. The van der Waals surface area contributed by atoms with Crippen LogP contribution in [-0.2, 0) is 12.7 Å². The molecule has 146 valence electrons. The Morgan fingerprint density at radius 3 is 2.79 bits per heavy atom. The molecular weight excluding hydrogens is 405 g/mol. The van der Waals surface area contributed by atoms with Gasteiger partial charge in [-0.2, -0.15) is 18.3 Å². The van der Waals surface area contributed by atoms with Gasteiger partial charge in [0.2, 0.25) is 0 Å². The first kappa shape index (κ1) is 19.4. The molecule has 0 spiro atoms. The van der Waals surface area contributed by atoms with Crippen molar-refractivity contribution < 1.29 is 22.9 Å². The maximum atomic E-state index is 12.8. The van der Waals surface area contributed by atoms with Crippen molar-refractivity contribution >= 4 is 29.0 Å². The molecule has 0 atom stereocenters. The van der Waals surface area contributed by atoms with Gasteiger partial charge in [-0.25, -0.2) is 0 Å². The average Bonchev–Trinajstić information content (AvgIpc) is 3.20. The lowest BCUT2D eigenvalue weighted by atomic mass is 10.1. The number of alkyl halides is 3. The van der Waals surface area contributed by atoms with E-state index in [1.165, 1.54) is 29.2 Å². The summed E-state index contributed by atoms with van der Waals surface area (Å²) in [7, 11) is 0. The van der Waals surface area contributed by atoms with E-state index in [0.717, 1.165) is 12.1 Å². The van der Waals surface area contributed by atoms with Crippen LogP contribution >= 0.6 is 11.6 Å². The van der Waals surface area contributed by atoms with Crippen LogP contribution in [-0.4, -0.2) is 30.8 Å². The monoisotopic (exact) mass is 414 g/mol. The fraction of sp³-hybridized carbons (Fsp3) is 0.133. The summed E-state index contributed by atoms with van der Waals surface area (Å²) in [6.07, 6.45) is -1.81. The number of benzene rings is 1. The molecule has 13 heteroatoms. The van der Waals surface area contributed by atoms with Gasteiger partial charge < -0.3 is 15.4 Å². The van der Waals surface area contributed by atoms with E-state index in [0.29, 0.717) is 5.56 Å². The summed E-state index contributed by atoms with van der Waals surface area (Å²) < 4.78 is 39.6. The summed E-state index contributed by atoms with van der Waals surface area (Å²) in [5, 5.41) is 22.2. The van der Waals surface area contributed by atoms with Gasteiger partial charge >= 0.3 is 12.0 Å². The second kappa shape index (κ2) is 7.31. The van der Waals surface area contributed by atoms with Crippen LogP contribution in [0.2, 0.25) is 5.02 Å². The largest absolute Gasteiger partial charge is 0.416 e. The SMILES string of the molecule is O=C(Nc1cnn(Cc2cccc(C(F)(F)F)c2)c1)c1n[nH]c([N+](=O)[O-])c1Cl. The number of hydrogen-bond acceptors (Lipinski definition) is 5. The Hall–Kier alpha value is -3.41. The maximum absolute atomic E-state index is 12.8. The molecule has 0 saturated carbocycles. The summed E-state index contributed by atoms with van der Waals surface area (Å²) in [5.74, 6) is -1.43. The Labute approximate surface area is 159 Å². The first-order valence-electron chi connectivity index (χ1n) is 7.53. The zero-order chi connectivity index (χ0) is 20.5. The van der Waals surface area contributed by atoms with E-state index in [2.05, 4.69) is 15.5 Å². The van der Waals surface area contributed by atoms with Crippen molar-refractivity contribution in [1.82, 2.24) is 20.0 Å². The fourth-order valence-corrected chi connectivity index (χ4v) is 2.57. The van der Waals surface area contributed by atoms with Crippen molar-refractivity contribution in [2.75, 3.05) is 5.32 Å². The van der Waals surface area contributed by atoms with E-state index in [1.807, 2.05) is 5.10 Å². The molecule has 0 saturated heterocycles. The summed E-state index contributed by atoms with van der Waals surface area (Å²) in [4.78, 5) is 22.0. The minimum absolute atomic E-state index is 0.0361. The molecule has 0 radical (unpaired) electrons. The molecule has 3 aromatic rings. The van der Waals surface area contributed by atoms with Gasteiger partial charge in [-0.3, -0.25) is 9.48 Å². The Kier molecular flexibility index (Phi) is 5.05. The Bertz CT molecular complexity index is 1050.